The minimum Gasteiger partial charge on any atom is -1.00 e. The fraction of sp³-hybridized carbons (Fsp3) is 0.548. The number of fused-ring (bicyclic) bond motifs is 3. The molecule has 1 atom stereocenters. The number of halogens is 1. The maximum absolute atomic E-state index is 13.9. The fourth-order valence-corrected chi connectivity index (χ4v) is 6.74. The van der Waals surface area contributed by atoms with Gasteiger partial charge in [0.25, 0.3) is 0 Å². The minimum absolute atomic E-state index is 0. The molecule has 3 heterocycles. The number of rotatable bonds is 8. The van der Waals surface area contributed by atoms with Crippen molar-refractivity contribution in [1.82, 2.24) is 0 Å². The standard InChI is InChI=1S/C31H39N2O3.BrH/c32-22-25-10-12-26(13-11-25)24-35-21-20-33-18-14-27(15-19-33)29(23-33)36-30(34)31(16-6-1-2-7-17-31)28-8-4-3-5-9-28;/h3-5,8-13,27,29H,1-2,6-7,14-21,23-24H2;1H/q+1;/p-1. The van der Waals surface area contributed by atoms with Crippen molar-refractivity contribution in [2.24, 2.45) is 5.92 Å². The number of carbonyl (C=O) groups excluding carboxylic acids is 1. The number of benzene rings is 2. The van der Waals surface area contributed by atoms with Crippen molar-refractivity contribution < 1.29 is 35.7 Å². The fourth-order valence-electron chi connectivity index (χ4n) is 6.74. The van der Waals surface area contributed by atoms with E-state index in [1.807, 2.05) is 30.3 Å². The summed E-state index contributed by atoms with van der Waals surface area (Å²) < 4.78 is 13.5. The first-order valence-corrected chi connectivity index (χ1v) is 13.8. The molecule has 1 unspecified atom stereocenters. The summed E-state index contributed by atoms with van der Waals surface area (Å²) in [7, 11) is 0. The van der Waals surface area contributed by atoms with Crippen LogP contribution in [0.2, 0.25) is 0 Å². The van der Waals surface area contributed by atoms with Crippen LogP contribution in [0.15, 0.2) is 54.6 Å². The van der Waals surface area contributed by atoms with Gasteiger partial charge in [0.1, 0.15) is 13.1 Å². The highest BCUT2D eigenvalue weighted by atomic mass is 79.9. The van der Waals surface area contributed by atoms with Gasteiger partial charge in [0.15, 0.2) is 6.10 Å². The molecular formula is C31H39BrN2O3. The van der Waals surface area contributed by atoms with Crippen LogP contribution in [0.5, 0.6) is 0 Å². The predicted octanol–water partition coefficient (Wildman–Crippen LogP) is 2.52. The first-order chi connectivity index (χ1) is 17.6. The third-order valence-corrected chi connectivity index (χ3v) is 9.04. The lowest BCUT2D eigenvalue weighted by atomic mass is 9.74. The van der Waals surface area contributed by atoms with Crippen LogP contribution in [0.3, 0.4) is 0 Å². The Hall–Kier alpha value is -2.20. The molecule has 0 radical (unpaired) electrons. The first kappa shape index (κ1) is 27.8. The first-order valence-electron chi connectivity index (χ1n) is 13.8. The van der Waals surface area contributed by atoms with Crippen LogP contribution in [0.4, 0.5) is 0 Å². The molecular weight excluding hydrogens is 528 g/mol. The topological polar surface area (TPSA) is 59.3 Å². The van der Waals surface area contributed by atoms with Gasteiger partial charge in [0.05, 0.1) is 43.4 Å². The van der Waals surface area contributed by atoms with Gasteiger partial charge >= 0.3 is 5.97 Å². The molecule has 2 aromatic carbocycles. The molecule has 198 valence electrons. The smallest absolute Gasteiger partial charge is 0.317 e. The number of ether oxygens (including phenoxy) is 2. The molecule has 0 spiro atoms. The molecule has 6 rings (SSSR count). The van der Waals surface area contributed by atoms with Crippen LogP contribution in [0, 0.1) is 17.2 Å². The van der Waals surface area contributed by atoms with Crippen molar-refractivity contribution in [2.75, 3.05) is 32.8 Å². The van der Waals surface area contributed by atoms with Gasteiger partial charge in [-0.2, -0.15) is 5.26 Å². The molecule has 6 heteroatoms. The SMILES string of the molecule is N#Cc1ccc(COCC[N+]23CCC(CC2)C(OC(=O)C2(c4ccccc4)CCCCCC2)C3)cc1.[Br-]. The largest absolute Gasteiger partial charge is 1.00 e. The predicted molar refractivity (Wildman–Crippen MR) is 139 cm³/mol. The third-order valence-electron chi connectivity index (χ3n) is 9.04. The maximum atomic E-state index is 13.9. The summed E-state index contributed by atoms with van der Waals surface area (Å²) in [5.41, 5.74) is 2.41. The number of hydrogen-bond acceptors (Lipinski definition) is 4. The molecule has 4 aliphatic rings. The molecule has 0 amide bonds. The number of quaternary nitrogens is 1. The highest BCUT2D eigenvalue weighted by molar-refractivity contribution is 5.83. The Kier molecular flexibility index (Phi) is 9.45. The number of carbonyl (C=O) groups is 1. The average Bonchev–Trinajstić information content (AvgIpc) is 3.20. The van der Waals surface area contributed by atoms with Crippen molar-refractivity contribution in [1.29, 1.82) is 5.26 Å². The molecule has 2 bridgehead atoms. The Morgan fingerprint density at radius 1 is 0.973 bits per heavy atom. The molecule has 0 aromatic heterocycles. The van der Waals surface area contributed by atoms with E-state index in [1.54, 1.807) is 0 Å². The Morgan fingerprint density at radius 2 is 1.65 bits per heavy atom. The molecule has 5 nitrogen and oxygen atoms in total. The summed E-state index contributed by atoms with van der Waals surface area (Å²) in [6, 6.07) is 20.2. The monoisotopic (exact) mass is 566 g/mol. The van der Waals surface area contributed by atoms with Gasteiger partial charge in [-0.05, 0) is 36.1 Å². The van der Waals surface area contributed by atoms with E-state index >= 15 is 0 Å². The summed E-state index contributed by atoms with van der Waals surface area (Å²) in [6.07, 6.45) is 8.67. The summed E-state index contributed by atoms with van der Waals surface area (Å²) in [5.74, 6) is 0.511. The third kappa shape index (κ3) is 6.28. The van der Waals surface area contributed by atoms with Crippen molar-refractivity contribution in [3.8, 4) is 6.07 Å². The molecule has 3 saturated heterocycles. The Bertz CT molecular complexity index is 1050. The van der Waals surface area contributed by atoms with Crippen LogP contribution < -0.4 is 17.0 Å². The number of nitriles is 1. The van der Waals surface area contributed by atoms with Crippen molar-refractivity contribution in [3.05, 3.63) is 71.3 Å². The molecule has 0 N–H and O–H groups in total. The summed E-state index contributed by atoms with van der Waals surface area (Å²) in [5, 5.41) is 8.97. The van der Waals surface area contributed by atoms with Gasteiger partial charge in [-0.3, -0.25) is 4.79 Å². The number of esters is 1. The van der Waals surface area contributed by atoms with Crippen LogP contribution >= 0.6 is 0 Å². The maximum Gasteiger partial charge on any atom is 0.317 e. The number of hydrogen-bond donors (Lipinski definition) is 0. The van der Waals surface area contributed by atoms with E-state index in [2.05, 4.69) is 30.3 Å². The lowest BCUT2D eigenvalue weighted by Crippen LogP contribution is -3.00. The Morgan fingerprint density at radius 3 is 2.30 bits per heavy atom. The molecule has 2 aromatic rings. The second-order valence-corrected chi connectivity index (χ2v) is 11.2. The van der Waals surface area contributed by atoms with Gasteiger partial charge in [0.2, 0.25) is 0 Å². The highest BCUT2D eigenvalue weighted by Crippen LogP contribution is 2.42. The van der Waals surface area contributed by atoms with Gasteiger partial charge in [-0.1, -0.05) is 68.1 Å². The second-order valence-electron chi connectivity index (χ2n) is 11.2. The highest BCUT2D eigenvalue weighted by Gasteiger charge is 2.50. The zero-order valence-electron chi connectivity index (χ0n) is 21.7. The number of piperidine rings is 3. The van der Waals surface area contributed by atoms with E-state index in [0.29, 0.717) is 24.7 Å². The zero-order chi connectivity index (χ0) is 24.8. The molecule has 1 aliphatic carbocycles. The molecule has 4 fully saturated rings. The van der Waals surface area contributed by atoms with Gasteiger partial charge in [-0.25, -0.2) is 0 Å². The van der Waals surface area contributed by atoms with Crippen LogP contribution in [-0.4, -0.2) is 49.3 Å². The van der Waals surface area contributed by atoms with E-state index in [9.17, 15) is 4.79 Å². The zero-order valence-corrected chi connectivity index (χ0v) is 23.3. The van der Waals surface area contributed by atoms with E-state index < -0.39 is 5.41 Å². The van der Waals surface area contributed by atoms with Crippen LogP contribution in [0.25, 0.3) is 0 Å². The quantitative estimate of drug-likeness (QED) is 0.213. The molecule has 1 saturated carbocycles. The van der Waals surface area contributed by atoms with Crippen molar-refractivity contribution in [3.63, 3.8) is 0 Å². The van der Waals surface area contributed by atoms with E-state index in [4.69, 9.17) is 14.7 Å². The van der Waals surface area contributed by atoms with E-state index in [-0.39, 0.29) is 29.1 Å². The summed E-state index contributed by atoms with van der Waals surface area (Å²) >= 11 is 0. The normalized spacial score (nSPS) is 26.4. The van der Waals surface area contributed by atoms with Crippen LogP contribution in [-0.2, 0) is 26.3 Å². The van der Waals surface area contributed by atoms with Crippen LogP contribution in [0.1, 0.15) is 68.1 Å². The minimum atomic E-state index is -0.487. The lowest BCUT2D eigenvalue weighted by Gasteiger charge is -2.52. The Balaban J connectivity index is 0.00000320. The molecule has 37 heavy (non-hydrogen) atoms. The Labute approximate surface area is 232 Å². The lowest BCUT2D eigenvalue weighted by molar-refractivity contribution is -0.946. The van der Waals surface area contributed by atoms with E-state index in [0.717, 1.165) is 80.3 Å². The van der Waals surface area contributed by atoms with Crippen molar-refractivity contribution in [2.45, 2.75) is 69.5 Å². The van der Waals surface area contributed by atoms with Gasteiger partial charge < -0.3 is 30.9 Å². The summed E-state index contributed by atoms with van der Waals surface area (Å²) in [4.78, 5) is 13.9. The summed E-state index contributed by atoms with van der Waals surface area (Å²) in [6.45, 7) is 5.44. The second kappa shape index (κ2) is 12.6. The van der Waals surface area contributed by atoms with E-state index in [1.165, 1.54) is 12.8 Å². The average molecular weight is 568 g/mol. The number of nitrogens with zero attached hydrogens (tertiary/aromatic N) is 2. The van der Waals surface area contributed by atoms with Crippen molar-refractivity contribution >= 4 is 5.97 Å². The molecule has 3 aliphatic heterocycles. The van der Waals surface area contributed by atoms with Gasteiger partial charge in [-0.15, -0.1) is 0 Å². The van der Waals surface area contributed by atoms with Gasteiger partial charge in [0, 0.05) is 18.8 Å².